The van der Waals surface area contributed by atoms with E-state index in [0.717, 1.165) is 0 Å². The van der Waals surface area contributed by atoms with Crippen molar-refractivity contribution in [1.82, 2.24) is 15.3 Å². The molecule has 5 nitrogen and oxygen atoms in total. The molecule has 0 bridgehead atoms. The number of hydrogen-bond donors (Lipinski definition) is 3. The maximum atomic E-state index is 10.2. The lowest BCUT2D eigenvalue weighted by Gasteiger charge is -2.08. The number of carboxylic acid groups (broad SMARTS) is 1. The van der Waals surface area contributed by atoms with Crippen molar-refractivity contribution in [3.63, 3.8) is 0 Å². The molecule has 2 rings (SSSR count). The van der Waals surface area contributed by atoms with Gasteiger partial charge in [-0.15, -0.1) is 0 Å². The van der Waals surface area contributed by atoms with Crippen LogP contribution in [0.5, 0.6) is 0 Å². The molecule has 1 aliphatic rings. The molecular formula is C9H11N3O2. The highest BCUT2D eigenvalue weighted by Crippen LogP contribution is 1.92. The first kappa shape index (κ1) is 10.0. The summed E-state index contributed by atoms with van der Waals surface area (Å²) in [6.45, 7) is 0. The lowest BCUT2D eigenvalue weighted by Crippen LogP contribution is -2.31. The summed E-state index contributed by atoms with van der Waals surface area (Å²) >= 11 is 0. The van der Waals surface area contributed by atoms with Crippen LogP contribution in [0.4, 0.5) is 0 Å². The molecule has 1 aromatic heterocycles. The topological polar surface area (TPSA) is 78.0 Å². The van der Waals surface area contributed by atoms with Crippen LogP contribution < -0.4 is 5.32 Å². The fraction of sp³-hybridized carbons (Fsp3) is 0.111. The first-order valence-corrected chi connectivity index (χ1v) is 4.05. The molecule has 1 aliphatic heterocycles. The summed E-state index contributed by atoms with van der Waals surface area (Å²) in [7, 11) is 0. The minimum Gasteiger partial charge on any atom is -0.479 e. The normalized spacial score (nSPS) is 17.9. The molecule has 0 spiro atoms. The molecule has 0 saturated carbocycles. The third-order valence-corrected chi connectivity index (χ3v) is 1.46. The Bertz CT molecular complexity index is 300. The highest BCUT2D eigenvalue weighted by atomic mass is 16.4. The number of aromatic nitrogens is 2. The van der Waals surface area contributed by atoms with Gasteiger partial charge in [-0.3, -0.25) is 0 Å². The van der Waals surface area contributed by atoms with E-state index in [-0.39, 0.29) is 0 Å². The third-order valence-electron chi connectivity index (χ3n) is 1.46. The summed E-state index contributed by atoms with van der Waals surface area (Å²) in [6, 6.07) is -0.546. The second-order valence-corrected chi connectivity index (χ2v) is 2.49. The molecule has 0 aromatic carbocycles. The monoisotopic (exact) mass is 193 g/mol. The molecule has 0 radical (unpaired) electrons. The summed E-state index contributed by atoms with van der Waals surface area (Å²) in [5, 5.41) is 11.0. The van der Waals surface area contributed by atoms with E-state index in [1.165, 1.54) is 0 Å². The molecule has 1 unspecified atom stereocenters. The number of carboxylic acids is 1. The molecule has 1 atom stereocenters. The van der Waals surface area contributed by atoms with Gasteiger partial charge in [-0.2, -0.15) is 0 Å². The van der Waals surface area contributed by atoms with E-state index in [0.29, 0.717) is 0 Å². The number of hydrogen-bond acceptors (Lipinski definition) is 3. The SMILES string of the molecule is O=C(O)C1C=CC=CN1.c1c[nH]cn1. The molecule has 0 amide bonds. The van der Waals surface area contributed by atoms with Gasteiger partial charge in [0.05, 0.1) is 6.33 Å². The maximum Gasteiger partial charge on any atom is 0.330 e. The van der Waals surface area contributed by atoms with Crippen molar-refractivity contribution < 1.29 is 9.90 Å². The van der Waals surface area contributed by atoms with Crippen LogP contribution in [0, 0.1) is 0 Å². The Kier molecular flexibility index (Phi) is 4.00. The molecule has 3 N–H and O–H groups in total. The van der Waals surface area contributed by atoms with Crippen LogP contribution >= 0.6 is 0 Å². The van der Waals surface area contributed by atoms with E-state index in [4.69, 9.17) is 5.11 Å². The van der Waals surface area contributed by atoms with Crippen molar-refractivity contribution in [3.05, 3.63) is 43.1 Å². The molecule has 74 valence electrons. The van der Waals surface area contributed by atoms with Crippen molar-refractivity contribution >= 4 is 5.97 Å². The van der Waals surface area contributed by atoms with Crippen LogP contribution in [0.1, 0.15) is 0 Å². The van der Waals surface area contributed by atoms with Crippen molar-refractivity contribution in [1.29, 1.82) is 0 Å². The van der Waals surface area contributed by atoms with Gasteiger partial charge in [-0.1, -0.05) is 12.2 Å². The number of nitrogens with zero attached hydrogens (tertiary/aromatic N) is 1. The van der Waals surface area contributed by atoms with Crippen molar-refractivity contribution in [2.75, 3.05) is 0 Å². The standard InChI is InChI=1S/C6H7NO2.C3H4N2/c8-6(9)5-3-1-2-4-7-5;1-2-5-3-4-1/h1-5,7H,(H,8,9);1-3H,(H,4,5). The van der Waals surface area contributed by atoms with Crippen LogP contribution in [0.2, 0.25) is 0 Å². The number of dihydropyridines is 1. The smallest absolute Gasteiger partial charge is 0.330 e. The Morgan fingerprint density at radius 2 is 2.29 bits per heavy atom. The molecular weight excluding hydrogens is 182 g/mol. The second-order valence-electron chi connectivity index (χ2n) is 2.49. The minimum atomic E-state index is -0.851. The van der Waals surface area contributed by atoms with Gasteiger partial charge in [-0.05, 0) is 12.3 Å². The van der Waals surface area contributed by atoms with Gasteiger partial charge in [0.25, 0.3) is 0 Å². The quantitative estimate of drug-likeness (QED) is 0.607. The predicted molar refractivity (Wildman–Crippen MR) is 51.4 cm³/mol. The minimum absolute atomic E-state index is 0.546. The predicted octanol–water partition coefficient (Wildman–Crippen LogP) is 0.522. The molecule has 14 heavy (non-hydrogen) atoms. The largest absolute Gasteiger partial charge is 0.479 e. The average molecular weight is 193 g/mol. The van der Waals surface area contributed by atoms with Gasteiger partial charge >= 0.3 is 5.97 Å². The van der Waals surface area contributed by atoms with Crippen LogP contribution in [0.25, 0.3) is 0 Å². The van der Waals surface area contributed by atoms with E-state index in [1.54, 1.807) is 43.1 Å². The number of carbonyl (C=O) groups is 1. The lowest BCUT2D eigenvalue weighted by molar-refractivity contribution is -0.137. The highest BCUT2D eigenvalue weighted by Gasteiger charge is 2.11. The molecule has 0 fully saturated rings. The summed E-state index contributed by atoms with van der Waals surface area (Å²) in [6.07, 6.45) is 11.7. The number of H-pyrrole nitrogens is 1. The van der Waals surface area contributed by atoms with Gasteiger partial charge in [0.2, 0.25) is 0 Å². The third kappa shape index (κ3) is 3.57. The van der Waals surface area contributed by atoms with Crippen molar-refractivity contribution in [2.45, 2.75) is 6.04 Å². The van der Waals surface area contributed by atoms with Gasteiger partial charge < -0.3 is 15.4 Å². The fourth-order valence-corrected chi connectivity index (χ4v) is 0.814. The summed E-state index contributed by atoms with van der Waals surface area (Å²) in [5.74, 6) is -0.851. The average Bonchev–Trinajstić information content (AvgIpc) is 2.77. The van der Waals surface area contributed by atoms with Gasteiger partial charge in [0, 0.05) is 12.4 Å². The van der Waals surface area contributed by atoms with Gasteiger partial charge in [0.15, 0.2) is 0 Å². The summed E-state index contributed by atoms with van der Waals surface area (Å²) in [4.78, 5) is 16.6. The molecule has 2 heterocycles. The van der Waals surface area contributed by atoms with Crippen LogP contribution in [0.15, 0.2) is 43.1 Å². The molecule has 0 saturated heterocycles. The number of nitrogens with one attached hydrogen (secondary N) is 2. The lowest BCUT2D eigenvalue weighted by atomic mass is 10.2. The number of allylic oxidation sites excluding steroid dienone is 2. The first-order valence-electron chi connectivity index (χ1n) is 4.05. The van der Waals surface area contributed by atoms with E-state index >= 15 is 0 Å². The maximum absolute atomic E-state index is 10.2. The number of aliphatic carboxylic acids is 1. The zero-order valence-corrected chi connectivity index (χ0v) is 7.42. The number of imidazole rings is 1. The summed E-state index contributed by atoms with van der Waals surface area (Å²) < 4.78 is 0. The van der Waals surface area contributed by atoms with E-state index in [2.05, 4.69) is 15.3 Å². The van der Waals surface area contributed by atoms with Gasteiger partial charge in [0.1, 0.15) is 6.04 Å². The first-order chi connectivity index (χ1) is 6.80. The Morgan fingerprint density at radius 3 is 2.57 bits per heavy atom. The molecule has 1 aromatic rings. The Hall–Kier alpha value is -2.04. The van der Waals surface area contributed by atoms with Crippen LogP contribution in [-0.4, -0.2) is 27.1 Å². The summed E-state index contributed by atoms with van der Waals surface area (Å²) in [5.41, 5.74) is 0. The number of aromatic amines is 1. The van der Waals surface area contributed by atoms with Crippen molar-refractivity contribution in [2.24, 2.45) is 0 Å². The van der Waals surface area contributed by atoms with E-state index in [1.807, 2.05) is 0 Å². The molecule has 0 aliphatic carbocycles. The highest BCUT2D eigenvalue weighted by molar-refractivity contribution is 5.76. The number of rotatable bonds is 1. The van der Waals surface area contributed by atoms with Crippen LogP contribution in [0.3, 0.4) is 0 Å². The Balaban J connectivity index is 0.000000165. The van der Waals surface area contributed by atoms with Crippen LogP contribution in [-0.2, 0) is 4.79 Å². The van der Waals surface area contributed by atoms with Gasteiger partial charge in [-0.25, -0.2) is 9.78 Å². The second kappa shape index (κ2) is 5.58. The molecule has 5 heteroatoms. The Labute approximate surface area is 81.2 Å². The van der Waals surface area contributed by atoms with E-state index in [9.17, 15) is 4.79 Å². The zero-order valence-electron chi connectivity index (χ0n) is 7.42. The van der Waals surface area contributed by atoms with Crippen molar-refractivity contribution in [3.8, 4) is 0 Å². The zero-order chi connectivity index (χ0) is 10.2. The fourth-order valence-electron chi connectivity index (χ4n) is 0.814. The van der Waals surface area contributed by atoms with E-state index < -0.39 is 12.0 Å². The Morgan fingerprint density at radius 1 is 1.43 bits per heavy atom.